The van der Waals surface area contributed by atoms with E-state index in [1.54, 1.807) is 0 Å². The van der Waals surface area contributed by atoms with E-state index in [2.05, 4.69) is 52.1 Å². The van der Waals surface area contributed by atoms with Gasteiger partial charge >= 0.3 is 0 Å². The Morgan fingerprint density at radius 2 is 2.12 bits per heavy atom. The quantitative estimate of drug-likeness (QED) is 0.785. The van der Waals surface area contributed by atoms with Crippen LogP contribution < -0.4 is 5.32 Å². The highest BCUT2D eigenvalue weighted by atomic mass is 15.2. The number of fused-ring (bicyclic) bond motifs is 1. The first kappa shape index (κ1) is 9.60. The van der Waals surface area contributed by atoms with E-state index in [9.17, 15) is 0 Å². The van der Waals surface area contributed by atoms with E-state index in [0.29, 0.717) is 6.04 Å². The molecule has 0 fully saturated rings. The molecule has 1 atom stereocenters. The van der Waals surface area contributed by atoms with Crippen LogP contribution in [0, 0.1) is 6.92 Å². The second kappa shape index (κ2) is 3.76. The van der Waals surface area contributed by atoms with Crippen molar-refractivity contribution in [2.45, 2.75) is 26.1 Å². The summed E-state index contributed by atoms with van der Waals surface area (Å²) in [5.74, 6) is 1.14. The molecule has 0 radical (unpaired) electrons. The fourth-order valence-corrected chi connectivity index (χ4v) is 2.27. The van der Waals surface area contributed by atoms with E-state index in [1.807, 2.05) is 6.20 Å². The molecule has 0 saturated heterocycles. The van der Waals surface area contributed by atoms with Crippen LogP contribution >= 0.6 is 0 Å². The van der Waals surface area contributed by atoms with Crippen molar-refractivity contribution < 1.29 is 0 Å². The average molecular weight is 213 g/mol. The number of hydrogen-bond acceptors (Lipinski definition) is 2. The molecule has 1 aromatic carbocycles. The summed E-state index contributed by atoms with van der Waals surface area (Å²) in [6.45, 7) is 3.95. The lowest BCUT2D eigenvalue weighted by Crippen LogP contribution is -2.32. The van der Waals surface area contributed by atoms with Crippen LogP contribution in [0.4, 0.5) is 0 Å². The van der Waals surface area contributed by atoms with Crippen molar-refractivity contribution >= 4 is 0 Å². The lowest BCUT2D eigenvalue weighted by atomic mass is 10.1. The van der Waals surface area contributed by atoms with Crippen molar-refractivity contribution in [3.63, 3.8) is 0 Å². The van der Waals surface area contributed by atoms with Gasteiger partial charge in [0.1, 0.15) is 5.82 Å². The second-order valence-electron chi connectivity index (χ2n) is 4.27. The lowest BCUT2D eigenvalue weighted by molar-refractivity contribution is 0.392. The van der Waals surface area contributed by atoms with Crippen molar-refractivity contribution in [1.82, 2.24) is 14.9 Å². The third kappa shape index (κ3) is 1.53. The largest absolute Gasteiger partial charge is 0.329 e. The second-order valence-corrected chi connectivity index (χ2v) is 4.27. The van der Waals surface area contributed by atoms with Gasteiger partial charge in [-0.1, -0.05) is 30.3 Å². The van der Waals surface area contributed by atoms with Crippen LogP contribution in [0.5, 0.6) is 0 Å². The van der Waals surface area contributed by atoms with Crippen LogP contribution in [-0.2, 0) is 13.1 Å². The van der Waals surface area contributed by atoms with E-state index in [-0.39, 0.29) is 0 Å². The minimum atomic E-state index is 0.404. The zero-order valence-corrected chi connectivity index (χ0v) is 9.35. The van der Waals surface area contributed by atoms with E-state index in [1.165, 1.54) is 11.3 Å². The third-order valence-electron chi connectivity index (χ3n) is 3.21. The Balaban J connectivity index is 1.90. The van der Waals surface area contributed by atoms with Crippen molar-refractivity contribution in [3.05, 3.63) is 53.6 Å². The number of imidazole rings is 1. The van der Waals surface area contributed by atoms with Gasteiger partial charge in [0.15, 0.2) is 0 Å². The molecule has 1 unspecified atom stereocenters. The highest BCUT2D eigenvalue weighted by Crippen LogP contribution is 2.21. The summed E-state index contributed by atoms with van der Waals surface area (Å²) in [5, 5.41) is 3.52. The normalized spacial score (nSPS) is 19.4. The number of benzene rings is 1. The van der Waals surface area contributed by atoms with Gasteiger partial charge in [0.2, 0.25) is 0 Å². The molecule has 2 heterocycles. The van der Waals surface area contributed by atoms with Gasteiger partial charge in [-0.2, -0.15) is 0 Å². The third-order valence-corrected chi connectivity index (χ3v) is 3.21. The standard InChI is InChI=1S/C13H15N3/c1-10-7-15-13-8-14-12(9-16(10)13)11-5-3-2-4-6-11/h2-7,12,14H,8-9H2,1H3. The molecule has 0 aliphatic carbocycles. The van der Waals surface area contributed by atoms with E-state index in [4.69, 9.17) is 0 Å². The summed E-state index contributed by atoms with van der Waals surface area (Å²) in [6, 6.07) is 11.0. The molecule has 0 bridgehead atoms. The Bertz CT molecular complexity index is 487. The molecule has 0 spiro atoms. The number of nitrogens with zero attached hydrogens (tertiary/aromatic N) is 2. The van der Waals surface area contributed by atoms with Gasteiger partial charge in [-0.15, -0.1) is 0 Å². The molecule has 3 nitrogen and oxygen atoms in total. The number of aryl methyl sites for hydroxylation is 1. The number of nitrogens with one attached hydrogen (secondary N) is 1. The summed E-state index contributed by atoms with van der Waals surface area (Å²) < 4.78 is 2.30. The average Bonchev–Trinajstić information content (AvgIpc) is 2.72. The summed E-state index contributed by atoms with van der Waals surface area (Å²) in [4.78, 5) is 4.38. The van der Waals surface area contributed by atoms with E-state index in [0.717, 1.165) is 18.9 Å². The summed E-state index contributed by atoms with van der Waals surface area (Å²) in [6.07, 6.45) is 1.95. The molecular weight excluding hydrogens is 198 g/mol. The Morgan fingerprint density at radius 3 is 2.94 bits per heavy atom. The van der Waals surface area contributed by atoms with Gasteiger partial charge in [0, 0.05) is 18.4 Å². The molecule has 1 aliphatic heterocycles. The van der Waals surface area contributed by atoms with Crippen LogP contribution in [0.1, 0.15) is 23.1 Å². The first-order chi connectivity index (χ1) is 7.84. The monoisotopic (exact) mass is 213 g/mol. The molecule has 1 aliphatic rings. The highest BCUT2D eigenvalue weighted by Gasteiger charge is 2.20. The maximum atomic E-state index is 4.38. The van der Waals surface area contributed by atoms with Crippen molar-refractivity contribution in [3.8, 4) is 0 Å². The zero-order valence-electron chi connectivity index (χ0n) is 9.35. The molecule has 3 heteroatoms. The lowest BCUT2D eigenvalue weighted by Gasteiger charge is -2.26. The number of rotatable bonds is 1. The molecule has 2 aromatic rings. The minimum Gasteiger partial charge on any atom is -0.329 e. The summed E-state index contributed by atoms with van der Waals surface area (Å²) in [5.41, 5.74) is 2.60. The fourth-order valence-electron chi connectivity index (χ4n) is 2.27. The van der Waals surface area contributed by atoms with Gasteiger partial charge in [-0.25, -0.2) is 4.98 Å². The Labute approximate surface area is 95.1 Å². The van der Waals surface area contributed by atoms with Gasteiger partial charge in [-0.3, -0.25) is 0 Å². The van der Waals surface area contributed by atoms with Crippen LogP contribution in [0.3, 0.4) is 0 Å². The molecule has 0 amide bonds. The molecule has 1 N–H and O–H groups in total. The Morgan fingerprint density at radius 1 is 1.31 bits per heavy atom. The van der Waals surface area contributed by atoms with Crippen LogP contribution in [-0.4, -0.2) is 9.55 Å². The van der Waals surface area contributed by atoms with Gasteiger partial charge in [-0.05, 0) is 12.5 Å². The zero-order chi connectivity index (χ0) is 11.0. The maximum Gasteiger partial charge on any atom is 0.122 e. The molecular formula is C13H15N3. The number of hydrogen-bond donors (Lipinski definition) is 1. The summed E-state index contributed by atoms with van der Waals surface area (Å²) >= 11 is 0. The predicted octanol–water partition coefficient (Wildman–Crippen LogP) is 2.04. The van der Waals surface area contributed by atoms with Crippen LogP contribution in [0.2, 0.25) is 0 Å². The van der Waals surface area contributed by atoms with Crippen molar-refractivity contribution in [1.29, 1.82) is 0 Å². The molecule has 0 saturated carbocycles. The first-order valence-corrected chi connectivity index (χ1v) is 5.64. The van der Waals surface area contributed by atoms with Crippen molar-refractivity contribution in [2.75, 3.05) is 0 Å². The molecule has 82 valence electrons. The Kier molecular flexibility index (Phi) is 2.26. The predicted molar refractivity (Wildman–Crippen MR) is 63.0 cm³/mol. The first-order valence-electron chi connectivity index (χ1n) is 5.64. The smallest absolute Gasteiger partial charge is 0.122 e. The van der Waals surface area contributed by atoms with Crippen LogP contribution in [0.15, 0.2) is 36.5 Å². The fraction of sp³-hybridized carbons (Fsp3) is 0.308. The molecule has 16 heavy (non-hydrogen) atoms. The van der Waals surface area contributed by atoms with Gasteiger partial charge in [0.25, 0.3) is 0 Å². The minimum absolute atomic E-state index is 0.404. The van der Waals surface area contributed by atoms with E-state index < -0.39 is 0 Å². The van der Waals surface area contributed by atoms with Gasteiger partial charge < -0.3 is 9.88 Å². The topological polar surface area (TPSA) is 29.9 Å². The molecule has 3 rings (SSSR count). The van der Waals surface area contributed by atoms with E-state index >= 15 is 0 Å². The van der Waals surface area contributed by atoms with Gasteiger partial charge in [0.05, 0.1) is 12.6 Å². The highest BCUT2D eigenvalue weighted by molar-refractivity contribution is 5.20. The van der Waals surface area contributed by atoms with Crippen molar-refractivity contribution in [2.24, 2.45) is 0 Å². The molecule has 1 aromatic heterocycles. The number of aromatic nitrogens is 2. The Hall–Kier alpha value is -1.61. The summed E-state index contributed by atoms with van der Waals surface area (Å²) in [7, 11) is 0. The van der Waals surface area contributed by atoms with Crippen LogP contribution in [0.25, 0.3) is 0 Å². The maximum absolute atomic E-state index is 4.38. The SMILES string of the molecule is Cc1cnc2n1CC(c1ccccc1)NC2.